The molecule has 4 rings (SSSR count). The van der Waals surface area contributed by atoms with Gasteiger partial charge in [-0.05, 0) is 29.8 Å². The third-order valence-electron chi connectivity index (χ3n) is 3.99. The van der Waals surface area contributed by atoms with Crippen LogP contribution in [0.3, 0.4) is 0 Å². The molecule has 136 valence electrons. The van der Waals surface area contributed by atoms with Crippen molar-refractivity contribution < 1.29 is 13.9 Å². The molecule has 9 nitrogen and oxygen atoms in total. The van der Waals surface area contributed by atoms with Crippen LogP contribution in [0.1, 0.15) is 5.56 Å². The first-order valence-electron chi connectivity index (χ1n) is 8.11. The van der Waals surface area contributed by atoms with E-state index in [1.54, 1.807) is 19.2 Å². The van der Waals surface area contributed by atoms with E-state index in [4.69, 9.17) is 14.9 Å². The first-order valence-corrected chi connectivity index (χ1v) is 8.11. The van der Waals surface area contributed by atoms with Crippen LogP contribution >= 0.6 is 0 Å². The number of hydrogen-bond donors (Lipinski definition) is 2. The SMILES string of the molecule is COc1ccc(CNC(=O)n2cnc3c(-c4ccco4)nc(N)nc32)cc1. The van der Waals surface area contributed by atoms with Crippen molar-refractivity contribution in [3.8, 4) is 17.2 Å². The molecule has 0 radical (unpaired) electrons. The molecule has 9 heteroatoms. The summed E-state index contributed by atoms with van der Waals surface area (Å²) in [6, 6.07) is 10.5. The summed E-state index contributed by atoms with van der Waals surface area (Å²) in [5, 5.41) is 2.82. The highest BCUT2D eigenvalue weighted by Gasteiger charge is 2.18. The molecule has 0 spiro atoms. The molecule has 0 aliphatic carbocycles. The molecular weight excluding hydrogens is 348 g/mol. The molecule has 1 amide bonds. The number of fused-ring (bicyclic) bond motifs is 1. The van der Waals surface area contributed by atoms with Crippen LogP contribution in [-0.2, 0) is 6.54 Å². The second kappa shape index (κ2) is 6.79. The predicted molar refractivity (Wildman–Crippen MR) is 98.1 cm³/mol. The van der Waals surface area contributed by atoms with Gasteiger partial charge in [-0.2, -0.15) is 4.98 Å². The van der Waals surface area contributed by atoms with Gasteiger partial charge in [-0.25, -0.2) is 19.3 Å². The fourth-order valence-electron chi connectivity index (χ4n) is 2.66. The normalized spacial score (nSPS) is 10.9. The Kier molecular flexibility index (Phi) is 4.17. The first-order chi connectivity index (χ1) is 13.2. The van der Waals surface area contributed by atoms with Gasteiger partial charge < -0.3 is 20.2 Å². The van der Waals surface area contributed by atoms with Crippen molar-refractivity contribution in [1.29, 1.82) is 0 Å². The van der Waals surface area contributed by atoms with Crippen molar-refractivity contribution in [2.24, 2.45) is 0 Å². The average molecular weight is 364 g/mol. The van der Waals surface area contributed by atoms with Crippen LogP contribution in [0.2, 0.25) is 0 Å². The quantitative estimate of drug-likeness (QED) is 0.570. The van der Waals surface area contributed by atoms with E-state index >= 15 is 0 Å². The Morgan fingerprint density at radius 3 is 2.78 bits per heavy atom. The summed E-state index contributed by atoms with van der Waals surface area (Å²) >= 11 is 0. The molecule has 0 saturated heterocycles. The Morgan fingerprint density at radius 2 is 2.07 bits per heavy atom. The first kappa shape index (κ1) is 16.6. The third-order valence-corrected chi connectivity index (χ3v) is 3.99. The molecule has 4 aromatic rings. The number of furan rings is 1. The number of amides is 1. The van der Waals surface area contributed by atoms with Gasteiger partial charge in [0, 0.05) is 6.54 Å². The Bertz CT molecular complexity index is 1090. The van der Waals surface area contributed by atoms with Crippen molar-refractivity contribution in [2.75, 3.05) is 12.8 Å². The average Bonchev–Trinajstić information content (AvgIpc) is 3.36. The summed E-state index contributed by atoms with van der Waals surface area (Å²) in [4.78, 5) is 25.2. The van der Waals surface area contributed by atoms with Crippen LogP contribution in [0.5, 0.6) is 5.75 Å². The summed E-state index contributed by atoms with van der Waals surface area (Å²) in [6.07, 6.45) is 2.91. The molecule has 0 bridgehead atoms. The standard InChI is InChI=1S/C18H16N6O3/c1-26-12-6-4-11(5-7-12)9-20-18(25)24-10-21-15-14(13-3-2-8-27-13)22-17(19)23-16(15)24/h2-8,10H,9H2,1H3,(H,20,25)(H2,19,22,23). The number of rotatable bonds is 4. The molecule has 0 unspecified atom stereocenters. The number of carbonyl (C=O) groups is 1. The van der Waals surface area contributed by atoms with Gasteiger partial charge in [-0.1, -0.05) is 12.1 Å². The maximum absolute atomic E-state index is 12.6. The summed E-state index contributed by atoms with van der Waals surface area (Å²) in [5.41, 5.74) is 7.90. The van der Waals surface area contributed by atoms with E-state index in [0.717, 1.165) is 11.3 Å². The van der Waals surface area contributed by atoms with Crippen LogP contribution in [0.15, 0.2) is 53.4 Å². The van der Waals surface area contributed by atoms with E-state index in [9.17, 15) is 4.79 Å². The Morgan fingerprint density at radius 1 is 1.26 bits per heavy atom. The fourth-order valence-corrected chi connectivity index (χ4v) is 2.66. The Balaban J connectivity index is 1.60. The van der Waals surface area contributed by atoms with Crippen LogP contribution in [0.4, 0.5) is 10.7 Å². The van der Waals surface area contributed by atoms with Crippen LogP contribution in [-0.4, -0.2) is 32.7 Å². The number of methoxy groups -OCH3 is 1. The van der Waals surface area contributed by atoms with Gasteiger partial charge in [0.2, 0.25) is 5.95 Å². The number of nitrogens with zero attached hydrogens (tertiary/aromatic N) is 4. The van der Waals surface area contributed by atoms with Gasteiger partial charge in [0.25, 0.3) is 0 Å². The molecule has 3 aromatic heterocycles. The molecule has 3 N–H and O–H groups in total. The molecule has 1 aromatic carbocycles. The number of nitrogens with one attached hydrogen (secondary N) is 1. The van der Waals surface area contributed by atoms with Gasteiger partial charge in [-0.15, -0.1) is 0 Å². The number of nitrogen functional groups attached to an aromatic ring is 1. The molecule has 0 saturated carbocycles. The predicted octanol–water partition coefficient (Wildman–Crippen LogP) is 2.43. The lowest BCUT2D eigenvalue weighted by Crippen LogP contribution is -2.27. The van der Waals surface area contributed by atoms with E-state index < -0.39 is 0 Å². The van der Waals surface area contributed by atoms with Gasteiger partial charge in [0.1, 0.15) is 23.3 Å². The monoisotopic (exact) mass is 364 g/mol. The zero-order valence-electron chi connectivity index (χ0n) is 14.4. The minimum Gasteiger partial charge on any atom is -0.497 e. The van der Waals surface area contributed by atoms with Gasteiger partial charge >= 0.3 is 6.03 Å². The van der Waals surface area contributed by atoms with Gasteiger partial charge in [-0.3, -0.25) is 0 Å². The molecule has 3 heterocycles. The van der Waals surface area contributed by atoms with Crippen molar-refractivity contribution in [3.05, 3.63) is 54.6 Å². The van der Waals surface area contributed by atoms with Crippen LogP contribution < -0.4 is 15.8 Å². The number of carbonyl (C=O) groups excluding carboxylic acids is 1. The summed E-state index contributed by atoms with van der Waals surface area (Å²) in [5.74, 6) is 1.28. The fraction of sp³-hybridized carbons (Fsp3) is 0.111. The second-order valence-corrected chi connectivity index (χ2v) is 5.70. The maximum Gasteiger partial charge on any atom is 0.328 e. The van der Waals surface area contributed by atoms with Crippen molar-refractivity contribution in [2.45, 2.75) is 6.54 Å². The van der Waals surface area contributed by atoms with E-state index in [0.29, 0.717) is 29.2 Å². The van der Waals surface area contributed by atoms with Gasteiger partial charge in [0.15, 0.2) is 11.4 Å². The number of ether oxygens (including phenoxy) is 1. The Hall–Kier alpha value is -3.88. The molecule has 0 aliphatic rings. The molecule has 27 heavy (non-hydrogen) atoms. The smallest absolute Gasteiger partial charge is 0.328 e. The van der Waals surface area contributed by atoms with E-state index in [-0.39, 0.29) is 12.0 Å². The van der Waals surface area contributed by atoms with Crippen molar-refractivity contribution in [3.63, 3.8) is 0 Å². The maximum atomic E-state index is 12.6. The highest BCUT2D eigenvalue weighted by Crippen LogP contribution is 2.25. The van der Waals surface area contributed by atoms with E-state index in [1.807, 2.05) is 24.3 Å². The molecule has 0 aliphatic heterocycles. The third kappa shape index (κ3) is 3.17. The van der Waals surface area contributed by atoms with E-state index in [2.05, 4.69) is 20.3 Å². The number of nitrogens with two attached hydrogens (primary N) is 1. The lowest BCUT2D eigenvalue weighted by atomic mass is 10.2. The largest absolute Gasteiger partial charge is 0.497 e. The number of imidazole rings is 1. The lowest BCUT2D eigenvalue weighted by molar-refractivity contribution is 0.242. The minimum absolute atomic E-state index is 0.0265. The van der Waals surface area contributed by atoms with Crippen molar-refractivity contribution in [1.82, 2.24) is 24.8 Å². The number of hydrogen-bond acceptors (Lipinski definition) is 7. The minimum atomic E-state index is -0.378. The van der Waals surface area contributed by atoms with E-state index in [1.165, 1.54) is 17.2 Å². The zero-order valence-corrected chi connectivity index (χ0v) is 14.4. The number of benzene rings is 1. The zero-order chi connectivity index (χ0) is 18.8. The molecule has 0 atom stereocenters. The highest BCUT2D eigenvalue weighted by molar-refractivity contribution is 5.93. The number of anilines is 1. The number of aromatic nitrogens is 4. The summed E-state index contributed by atoms with van der Waals surface area (Å²) < 4.78 is 11.8. The second-order valence-electron chi connectivity index (χ2n) is 5.70. The summed E-state index contributed by atoms with van der Waals surface area (Å²) in [6.45, 7) is 0.341. The highest BCUT2D eigenvalue weighted by atomic mass is 16.5. The summed E-state index contributed by atoms with van der Waals surface area (Å²) in [7, 11) is 1.60. The topological polar surface area (TPSA) is 121 Å². The Labute approximate surface area is 153 Å². The lowest BCUT2D eigenvalue weighted by Gasteiger charge is -2.07. The van der Waals surface area contributed by atoms with Gasteiger partial charge in [0.05, 0.1) is 13.4 Å². The molecule has 0 fully saturated rings. The van der Waals surface area contributed by atoms with Crippen LogP contribution in [0, 0.1) is 0 Å². The molecular formula is C18H16N6O3. The van der Waals surface area contributed by atoms with Crippen LogP contribution in [0.25, 0.3) is 22.6 Å². The van der Waals surface area contributed by atoms with Crippen molar-refractivity contribution >= 4 is 23.1 Å².